The number of hydrogen-bond donors (Lipinski definition) is 2. The highest BCUT2D eigenvalue weighted by molar-refractivity contribution is 7.07. The van der Waals surface area contributed by atoms with Crippen molar-refractivity contribution in [3.63, 3.8) is 0 Å². The number of carbonyl (C=O) groups is 1. The smallest absolute Gasteiger partial charge is 0.245 e. The van der Waals surface area contributed by atoms with E-state index in [1.54, 1.807) is 5.51 Å². The number of nitrogens with one attached hydrogen (secondary N) is 1. The molecule has 2 aromatic carbocycles. The maximum atomic E-state index is 12.3. The van der Waals surface area contributed by atoms with Crippen LogP contribution in [0.15, 0.2) is 65.5 Å². The van der Waals surface area contributed by atoms with Crippen LogP contribution in [0.3, 0.4) is 0 Å². The molecule has 0 aliphatic carbocycles. The summed E-state index contributed by atoms with van der Waals surface area (Å²) in [6, 6.07) is 16.2. The largest absolute Gasteiger partial charge is 0.324 e. The number of amides is 1. The molecule has 1 amide bonds. The van der Waals surface area contributed by atoms with Gasteiger partial charge in [-0.2, -0.15) is 0 Å². The van der Waals surface area contributed by atoms with Crippen molar-refractivity contribution in [1.29, 1.82) is 0 Å². The lowest BCUT2D eigenvalue weighted by Gasteiger charge is -2.13. The lowest BCUT2D eigenvalue weighted by atomic mass is 10.1. The summed E-state index contributed by atoms with van der Waals surface area (Å²) in [4.78, 5) is 16.5. The summed E-state index contributed by atoms with van der Waals surface area (Å²) < 4.78 is 0. The van der Waals surface area contributed by atoms with Crippen molar-refractivity contribution in [2.24, 2.45) is 5.73 Å². The Labute approximate surface area is 132 Å². The summed E-state index contributed by atoms with van der Waals surface area (Å²) in [5.41, 5.74) is 11.1. The molecule has 0 saturated heterocycles. The minimum atomic E-state index is -0.691. The molecule has 0 spiro atoms. The Bertz CT molecular complexity index is 757. The third-order valence-corrected chi connectivity index (χ3v) is 3.89. The second kappa shape index (κ2) is 6.51. The molecule has 22 heavy (non-hydrogen) atoms. The number of carbonyl (C=O) groups excluding carboxylic acids is 1. The van der Waals surface area contributed by atoms with Gasteiger partial charge in [0.15, 0.2) is 0 Å². The molecule has 3 N–H and O–H groups in total. The molecule has 3 aromatic rings. The third kappa shape index (κ3) is 3.21. The Morgan fingerprint density at radius 2 is 1.95 bits per heavy atom. The predicted molar refractivity (Wildman–Crippen MR) is 89.6 cm³/mol. The van der Waals surface area contributed by atoms with Gasteiger partial charge in [0, 0.05) is 16.6 Å². The highest BCUT2D eigenvalue weighted by Crippen LogP contribution is 2.23. The van der Waals surface area contributed by atoms with Gasteiger partial charge in [-0.25, -0.2) is 4.98 Å². The standard InChI is InChI=1S/C17H15N3OS/c18-16(12-5-2-1-3-6-12)17(21)20-14-8-4-7-13(9-14)15-10-22-11-19-15/h1-11,16H,18H2,(H,20,21)/t16-/m0/s1. The van der Waals surface area contributed by atoms with Gasteiger partial charge in [-0.15, -0.1) is 11.3 Å². The number of nitrogens with zero attached hydrogens (tertiary/aromatic N) is 1. The van der Waals surface area contributed by atoms with E-state index < -0.39 is 6.04 Å². The van der Waals surface area contributed by atoms with E-state index in [0.29, 0.717) is 5.69 Å². The van der Waals surface area contributed by atoms with E-state index in [2.05, 4.69) is 10.3 Å². The van der Waals surface area contributed by atoms with Crippen molar-refractivity contribution in [2.75, 3.05) is 5.32 Å². The molecule has 0 aliphatic heterocycles. The first-order valence-electron chi connectivity index (χ1n) is 6.84. The molecule has 0 aliphatic rings. The predicted octanol–water partition coefficient (Wildman–Crippen LogP) is 3.45. The van der Waals surface area contributed by atoms with Crippen molar-refractivity contribution < 1.29 is 4.79 Å². The maximum Gasteiger partial charge on any atom is 0.245 e. The van der Waals surface area contributed by atoms with E-state index in [0.717, 1.165) is 16.8 Å². The minimum Gasteiger partial charge on any atom is -0.324 e. The molecule has 0 radical (unpaired) electrons. The van der Waals surface area contributed by atoms with Crippen LogP contribution >= 0.6 is 11.3 Å². The van der Waals surface area contributed by atoms with Crippen molar-refractivity contribution in [1.82, 2.24) is 4.98 Å². The summed E-state index contributed by atoms with van der Waals surface area (Å²) in [6.45, 7) is 0. The van der Waals surface area contributed by atoms with Crippen molar-refractivity contribution in [2.45, 2.75) is 6.04 Å². The first-order chi connectivity index (χ1) is 10.7. The van der Waals surface area contributed by atoms with Crippen LogP contribution in [0.5, 0.6) is 0 Å². The zero-order valence-corrected chi connectivity index (χ0v) is 12.6. The number of thiazole rings is 1. The number of rotatable bonds is 4. The molecule has 1 heterocycles. The van der Waals surface area contributed by atoms with Crippen LogP contribution in [0.2, 0.25) is 0 Å². The topological polar surface area (TPSA) is 68.0 Å². The fourth-order valence-corrected chi connectivity index (χ4v) is 2.70. The molecule has 1 aromatic heterocycles. The van der Waals surface area contributed by atoms with Gasteiger partial charge < -0.3 is 11.1 Å². The molecule has 1 atom stereocenters. The second-order valence-corrected chi connectivity index (χ2v) is 5.55. The van der Waals surface area contributed by atoms with Crippen molar-refractivity contribution in [3.8, 4) is 11.3 Å². The van der Waals surface area contributed by atoms with Gasteiger partial charge in [-0.1, -0.05) is 42.5 Å². The SMILES string of the molecule is N[C@H](C(=O)Nc1cccc(-c2cscn2)c1)c1ccccc1. The molecule has 110 valence electrons. The molecule has 0 unspecified atom stereocenters. The zero-order valence-electron chi connectivity index (χ0n) is 11.8. The fraction of sp³-hybridized carbons (Fsp3) is 0.0588. The second-order valence-electron chi connectivity index (χ2n) is 4.83. The van der Waals surface area contributed by atoms with Crippen LogP contribution in [0.4, 0.5) is 5.69 Å². The number of benzene rings is 2. The van der Waals surface area contributed by atoms with Gasteiger partial charge in [-0.05, 0) is 17.7 Å². The normalized spacial score (nSPS) is 11.9. The van der Waals surface area contributed by atoms with Gasteiger partial charge in [0.05, 0.1) is 11.2 Å². The zero-order chi connectivity index (χ0) is 15.4. The summed E-state index contributed by atoms with van der Waals surface area (Å²) >= 11 is 1.54. The van der Waals surface area contributed by atoms with E-state index in [1.165, 1.54) is 11.3 Å². The van der Waals surface area contributed by atoms with Crippen molar-refractivity contribution >= 4 is 22.9 Å². The Hall–Kier alpha value is -2.50. The van der Waals surface area contributed by atoms with Crippen LogP contribution < -0.4 is 11.1 Å². The molecule has 0 fully saturated rings. The van der Waals surface area contributed by atoms with Gasteiger partial charge in [0.2, 0.25) is 5.91 Å². The minimum absolute atomic E-state index is 0.235. The Morgan fingerprint density at radius 3 is 2.68 bits per heavy atom. The van der Waals surface area contributed by atoms with E-state index in [4.69, 9.17) is 5.73 Å². The average molecular weight is 309 g/mol. The highest BCUT2D eigenvalue weighted by atomic mass is 32.1. The molecule has 0 bridgehead atoms. The number of nitrogens with two attached hydrogens (primary N) is 1. The van der Waals surface area contributed by atoms with Gasteiger partial charge >= 0.3 is 0 Å². The Kier molecular flexibility index (Phi) is 4.27. The van der Waals surface area contributed by atoms with Crippen molar-refractivity contribution in [3.05, 3.63) is 71.1 Å². The Morgan fingerprint density at radius 1 is 1.14 bits per heavy atom. The van der Waals surface area contributed by atoms with Crippen LogP contribution in [0.25, 0.3) is 11.3 Å². The van der Waals surface area contributed by atoms with E-state index >= 15 is 0 Å². The highest BCUT2D eigenvalue weighted by Gasteiger charge is 2.15. The first kappa shape index (κ1) is 14.4. The van der Waals surface area contributed by atoms with Gasteiger partial charge in [-0.3, -0.25) is 4.79 Å². The molecular formula is C17H15N3OS. The van der Waals surface area contributed by atoms with E-state index in [1.807, 2.05) is 60.0 Å². The van der Waals surface area contributed by atoms with E-state index in [-0.39, 0.29) is 5.91 Å². The maximum absolute atomic E-state index is 12.3. The van der Waals surface area contributed by atoms with Gasteiger partial charge in [0.25, 0.3) is 0 Å². The molecule has 5 heteroatoms. The third-order valence-electron chi connectivity index (χ3n) is 3.30. The number of anilines is 1. The number of aromatic nitrogens is 1. The molecule has 3 rings (SSSR count). The van der Waals surface area contributed by atoms with Crippen LogP contribution in [0, 0.1) is 0 Å². The lowest BCUT2D eigenvalue weighted by Crippen LogP contribution is -2.27. The monoisotopic (exact) mass is 309 g/mol. The average Bonchev–Trinajstić information content (AvgIpc) is 3.10. The molecular weight excluding hydrogens is 294 g/mol. The summed E-state index contributed by atoms with van der Waals surface area (Å²) in [6.07, 6.45) is 0. The first-order valence-corrected chi connectivity index (χ1v) is 7.78. The summed E-state index contributed by atoms with van der Waals surface area (Å²) in [7, 11) is 0. The Balaban J connectivity index is 1.76. The van der Waals surface area contributed by atoms with Crippen LogP contribution in [0.1, 0.15) is 11.6 Å². The molecule has 4 nitrogen and oxygen atoms in total. The van der Waals surface area contributed by atoms with Crippen LogP contribution in [-0.4, -0.2) is 10.9 Å². The molecule has 0 saturated carbocycles. The van der Waals surface area contributed by atoms with Gasteiger partial charge in [0.1, 0.15) is 6.04 Å². The lowest BCUT2D eigenvalue weighted by molar-refractivity contribution is -0.117. The quantitative estimate of drug-likeness (QED) is 0.775. The van der Waals surface area contributed by atoms with Crippen LogP contribution in [-0.2, 0) is 4.79 Å². The van der Waals surface area contributed by atoms with E-state index in [9.17, 15) is 4.79 Å². The number of hydrogen-bond acceptors (Lipinski definition) is 4. The summed E-state index contributed by atoms with van der Waals surface area (Å²) in [5, 5.41) is 4.82. The summed E-state index contributed by atoms with van der Waals surface area (Å²) in [5.74, 6) is -0.235. The fourth-order valence-electron chi connectivity index (χ4n) is 2.14.